The maximum absolute atomic E-state index is 12.4. The van der Waals surface area contributed by atoms with Gasteiger partial charge in [-0.2, -0.15) is 4.52 Å². The molecule has 2 aliphatic heterocycles. The van der Waals surface area contributed by atoms with Crippen LogP contribution >= 0.6 is 0 Å². The highest BCUT2D eigenvalue weighted by molar-refractivity contribution is 6.14. The Bertz CT molecular complexity index is 1200. The van der Waals surface area contributed by atoms with Crippen LogP contribution in [0.1, 0.15) is 24.1 Å². The van der Waals surface area contributed by atoms with Crippen LogP contribution in [0.4, 0.5) is 5.82 Å². The zero-order valence-corrected chi connectivity index (χ0v) is 18.1. The number of aryl methyl sites for hydroxylation is 2. The van der Waals surface area contributed by atoms with E-state index in [0.717, 1.165) is 54.6 Å². The molecule has 4 heterocycles. The fraction of sp³-hybridized carbons (Fsp3) is 0.409. The molecule has 0 radical (unpaired) electrons. The highest BCUT2D eigenvalue weighted by Gasteiger charge is 2.33. The van der Waals surface area contributed by atoms with Gasteiger partial charge in [0, 0.05) is 30.9 Å². The van der Waals surface area contributed by atoms with Crippen molar-refractivity contribution < 1.29 is 14.2 Å². The molecule has 2 aliphatic rings. The van der Waals surface area contributed by atoms with E-state index in [-0.39, 0.29) is 11.1 Å². The highest BCUT2D eigenvalue weighted by Crippen LogP contribution is 2.36. The number of hydrogen-bond donors (Lipinski definition) is 0. The first kappa shape index (κ1) is 19.7. The topological polar surface area (TPSA) is 78.2 Å². The van der Waals surface area contributed by atoms with Gasteiger partial charge in [0.2, 0.25) is 0 Å². The molecule has 1 aromatic carbocycles. The first-order chi connectivity index (χ1) is 14.9. The minimum atomic E-state index is -0.291. The lowest BCUT2D eigenvalue weighted by atomic mass is 9.73. The van der Waals surface area contributed by atoms with Crippen LogP contribution in [-0.4, -0.2) is 54.2 Å². The first-order valence-electron chi connectivity index (χ1n) is 10.6. The zero-order valence-electron chi connectivity index (χ0n) is 18.1. The van der Waals surface area contributed by atoms with E-state index in [9.17, 15) is 4.79 Å². The molecule has 0 atom stereocenters. The summed E-state index contributed by atoms with van der Waals surface area (Å²) in [5.74, 6) is 3.10. The standard InChI is InChI=1S/C22H25BN4O4/c1-14-11-19-24-15(2)12-20(28)27(19)25-21(14)26-7-5-22(23,6-8-26)31-16-3-4-17-18(13-16)30-10-9-29-17/h3-4,11-13H,5-10,23H2,1-2H3. The van der Waals surface area contributed by atoms with E-state index in [1.54, 1.807) is 0 Å². The van der Waals surface area contributed by atoms with E-state index in [2.05, 4.69) is 22.8 Å². The summed E-state index contributed by atoms with van der Waals surface area (Å²) in [5, 5.41) is 4.62. The van der Waals surface area contributed by atoms with E-state index in [0.29, 0.717) is 24.6 Å². The van der Waals surface area contributed by atoms with Crippen LogP contribution in [0, 0.1) is 13.8 Å². The molecule has 0 spiro atoms. The molecule has 9 heteroatoms. The lowest BCUT2D eigenvalue weighted by Gasteiger charge is -2.40. The van der Waals surface area contributed by atoms with Crippen molar-refractivity contribution >= 4 is 19.3 Å². The Morgan fingerprint density at radius 3 is 2.58 bits per heavy atom. The quantitative estimate of drug-likeness (QED) is 0.594. The molecule has 0 saturated carbocycles. The van der Waals surface area contributed by atoms with Crippen LogP contribution in [0.5, 0.6) is 17.2 Å². The number of nitrogens with zero attached hydrogens (tertiary/aromatic N) is 4. The largest absolute Gasteiger partial charge is 0.496 e. The number of piperidine rings is 1. The molecule has 0 bridgehead atoms. The minimum absolute atomic E-state index is 0.160. The molecule has 31 heavy (non-hydrogen) atoms. The van der Waals surface area contributed by atoms with E-state index < -0.39 is 0 Å². The Hall–Kier alpha value is -3.23. The predicted molar refractivity (Wildman–Crippen MR) is 120 cm³/mol. The second-order valence-corrected chi connectivity index (χ2v) is 8.50. The van der Waals surface area contributed by atoms with E-state index >= 15 is 0 Å². The van der Waals surface area contributed by atoms with Crippen molar-refractivity contribution in [1.29, 1.82) is 0 Å². The van der Waals surface area contributed by atoms with Gasteiger partial charge in [-0.05, 0) is 50.5 Å². The summed E-state index contributed by atoms with van der Waals surface area (Å²) in [6, 6.07) is 9.17. The fourth-order valence-corrected chi connectivity index (χ4v) is 4.22. The van der Waals surface area contributed by atoms with Crippen LogP contribution in [-0.2, 0) is 0 Å². The van der Waals surface area contributed by atoms with Crippen molar-refractivity contribution in [3.63, 3.8) is 0 Å². The normalized spacial score (nSPS) is 17.5. The summed E-state index contributed by atoms with van der Waals surface area (Å²) >= 11 is 0. The molecule has 5 rings (SSSR count). The van der Waals surface area contributed by atoms with Gasteiger partial charge in [-0.25, -0.2) is 4.98 Å². The van der Waals surface area contributed by atoms with Gasteiger partial charge in [-0.1, -0.05) is 0 Å². The van der Waals surface area contributed by atoms with Crippen LogP contribution < -0.4 is 24.7 Å². The molecular weight excluding hydrogens is 395 g/mol. The maximum Gasteiger partial charge on any atom is 0.274 e. The molecule has 8 nitrogen and oxygen atoms in total. The van der Waals surface area contributed by atoms with Gasteiger partial charge in [0.1, 0.15) is 19.0 Å². The van der Waals surface area contributed by atoms with E-state index in [1.807, 2.05) is 38.1 Å². The summed E-state index contributed by atoms with van der Waals surface area (Å²) in [4.78, 5) is 19.0. The monoisotopic (exact) mass is 420 g/mol. The van der Waals surface area contributed by atoms with Gasteiger partial charge in [0.15, 0.2) is 30.8 Å². The van der Waals surface area contributed by atoms with Crippen LogP contribution in [0.3, 0.4) is 0 Å². The van der Waals surface area contributed by atoms with Crippen LogP contribution in [0.2, 0.25) is 0 Å². The maximum atomic E-state index is 12.4. The number of benzene rings is 1. The first-order valence-corrected chi connectivity index (χ1v) is 10.6. The van der Waals surface area contributed by atoms with Gasteiger partial charge < -0.3 is 19.1 Å². The Kier molecular flexibility index (Phi) is 4.76. The third-order valence-electron chi connectivity index (χ3n) is 5.94. The van der Waals surface area contributed by atoms with E-state index in [4.69, 9.17) is 14.2 Å². The van der Waals surface area contributed by atoms with Crippen LogP contribution in [0.25, 0.3) is 5.65 Å². The average molecular weight is 420 g/mol. The number of rotatable bonds is 3. The van der Waals surface area contributed by atoms with Gasteiger partial charge in [-0.3, -0.25) is 4.79 Å². The third kappa shape index (κ3) is 3.80. The number of hydrogen-bond acceptors (Lipinski definition) is 7. The van der Waals surface area contributed by atoms with Crippen molar-refractivity contribution in [2.75, 3.05) is 31.2 Å². The second kappa shape index (κ2) is 7.48. The summed E-state index contributed by atoms with van der Waals surface area (Å²) in [5.41, 5.74) is 1.83. The van der Waals surface area contributed by atoms with Crippen LogP contribution in [0.15, 0.2) is 35.1 Å². The molecule has 0 aliphatic carbocycles. The zero-order chi connectivity index (χ0) is 21.6. The summed E-state index contributed by atoms with van der Waals surface area (Å²) in [7, 11) is 2.14. The molecule has 1 saturated heterocycles. The van der Waals surface area contributed by atoms with Crippen molar-refractivity contribution in [3.05, 3.63) is 51.9 Å². The Balaban J connectivity index is 1.33. The summed E-state index contributed by atoms with van der Waals surface area (Å²) in [6.07, 6.45) is 1.67. The van der Waals surface area contributed by atoms with Gasteiger partial charge in [0.25, 0.3) is 5.56 Å². The average Bonchev–Trinajstić information content (AvgIpc) is 2.74. The lowest BCUT2D eigenvalue weighted by molar-refractivity contribution is 0.124. The number of ether oxygens (including phenoxy) is 3. The Morgan fingerprint density at radius 2 is 1.81 bits per heavy atom. The van der Waals surface area contributed by atoms with Crippen molar-refractivity contribution in [1.82, 2.24) is 14.6 Å². The van der Waals surface area contributed by atoms with Gasteiger partial charge in [-0.15, -0.1) is 5.10 Å². The third-order valence-corrected chi connectivity index (χ3v) is 5.94. The summed E-state index contributed by atoms with van der Waals surface area (Å²) < 4.78 is 19.0. The molecule has 160 valence electrons. The SMILES string of the molecule is BC1(Oc2ccc3c(c2)OCCO3)CCN(c2nn3c(=O)cc(C)nc3cc2C)CC1. The van der Waals surface area contributed by atoms with Gasteiger partial charge in [0.05, 0.1) is 5.50 Å². The van der Waals surface area contributed by atoms with Crippen molar-refractivity contribution in [2.45, 2.75) is 32.2 Å². The van der Waals surface area contributed by atoms with Crippen molar-refractivity contribution in [3.8, 4) is 17.2 Å². The molecular formula is C22H25BN4O4. The van der Waals surface area contributed by atoms with E-state index in [1.165, 1.54) is 10.6 Å². The molecule has 0 N–H and O–H groups in total. The molecule has 3 aromatic rings. The molecule has 0 amide bonds. The lowest BCUT2D eigenvalue weighted by Crippen LogP contribution is -2.49. The minimum Gasteiger partial charge on any atom is -0.496 e. The number of fused-ring (bicyclic) bond motifs is 2. The Morgan fingerprint density at radius 1 is 1.06 bits per heavy atom. The number of aromatic nitrogens is 3. The summed E-state index contributed by atoms with van der Waals surface area (Å²) in [6.45, 7) is 6.53. The smallest absolute Gasteiger partial charge is 0.274 e. The molecule has 1 fully saturated rings. The van der Waals surface area contributed by atoms with Gasteiger partial charge >= 0.3 is 0 Å². The second-order valence-electron chi connectivity index (χ2n) is 8.50. The fourth-order valence-electron chi connectivity index (χ4n) is 4.22. The predicted octanol–water partition coefficient (Wildman–Crippen LogP) is 1.49. The Labute approximate surface area is 181 Å². The molecule has 2 aromatic heterocycles. The van der Waals surface area contributed by atoms with Crippen molar-refractivity contribution in [2.24, 2.45) is 0 Å². The molecule has 0 unspecified atom stereocenters. The highest BCUT2D eigenvalue weighted by atomic mass is 16.6. The number of anilines is 1.